The van der Waals surface area contributed by atoms with Gasteiger partial charge in [0.05, 0.1) is 12.2 Å². The standard InChI is InChI=1S/C14H17NO4S/c1-19-8-10-4-5-15(7-10)14(18)11-6-12(20-9-11)2-3-13(16)17/h2-3,6,9-10H,4-5,7-8H2,1H3,(H,16,17). The van der Waals surface area contributed by atoms with Crippen molar-refractivity contribution in [3.8, 4) is 0 Å². The molecule has 108 valence electrons. The molecule has 0 saturated carbocycles. The topological polar surface area (TPSA) is 66.8 Å². The average molecular weight is 295 g/mol. The summed E-state index contributed by atoms with van der Waals surface area (Å²) in [5.74, 6) is -0.572. The van der Waals surface area contributed by atoms with E-state index in [0.717, 1.165) is 30.5 Å². The lowest BCUT2D eigenvalue weighted by atomic mass is 10.1. The number of carbonyl (C=O) groups is 2. The van der Waals surface area contributed by atoms with Gasteiger partial charge in [-0.2, -0.15) is 0 Å². The molecule has 1 fully saturated rings. The van der Waals surface area contributed by atoms with E-state index in [-0.39, 0.29) is 5.91 Å². The fourth-order valence-electron chi connectivity index (χ4n) is 2.28. The van der Waals surface area contributed by atoms with Gasteiger partial charge in [0.15, 0.2) is 0 Å². The molecule has 1 aliphatic heterocycles. The molecule has 1 saturated heterocycles. The number of hydrogen-bond acceptors (Lipinski definition) is 4. The zero-order valence-corrected chi connectivity index (χ0v) is 12.1. The van der Waals surface area contributed by atoms with E-state index in [2.05, 4.69) is 0 Å². The van der Waals surface area contributed by atoms with Gasteiger partial charge in [-0.15, -0.1) is 11.3 Å². The predicted molar refractivity (Wildman–Crippen MR) is 76.9 cm³/mol. The summed E-state index contributed by atoms with van der Waals surface area (Å²) in [5, 5.41) is 10.3. The van der Waals surface area contributed by atoms with Crippen molar-refractivity contribution in [2.45, 2.75) is 6.42 Å². The lowest BCUT2D eigenvalue weighted by molar-refractivity contribution is -0.131. The maximum atomic E-state index is 12.3. The SMILES string of the molecule is COCC1CCN(C(=O)c2csc(C=CC(=O)O)c2)C1. The Balaban J connectivity index is 1.98. The number of carbonyl (C=O) groups excluding carboxylic acids is 1. The summed E-state index contributed by atoms with van der Waals surface area (Å²) in [4.78, 5) is 25.3. The zero-order chi connectivity index (χ0) is 14.5. The van der Waals surface area contributed by atoms with Gasteiger partial charge in [0.2, 0.25) is 0 Å². The lowest BCUT2D eigenvalue weighted by Crippen LogP contribution is -2.28. The number of carboxylic acid groups (broad SMARTS) is 1. The van der Waals surface area contributed by atoms with Gasteiger partial charge < -0.3 is 14.7 Å². The third-order valence-corrected chi connectivity index (χ3v) is 4.13. The van der Waals surface area contributed by atoms with E-state index in [1.54, 1.807) is 18.6 Å². The van der Waals surface area contributed by atoms with E-state index in [0.29, 0.717) is 18.1 Å². The average Bonchev–Trinajstić information content (AvgIpc) is 3.05. The van der Waals surface area contributed by atoms with Crippen LogP contribution in [-0.4, -0.2) is 48.7 Å². The fraction of sp³-hybridized carbons (Fsp3) is 0.429. The highest BCUT2D eigenvalue weighted by atomic mass is 32.1. The first kappa shape index (κ1) is 14.7. The number of rotatable bonds is 5. The van der Waals surface area contributed by atoms with Crippen molar-refractivity contribution in [3.63, 3.8) is 0 Å². The Morgan fingerprint density at radius 2 is 2.40 bits per heavy atom. The summed E-state index contributed by atoms with van der Waals surface area (Å²) in [7, 11) is 1.67. The molecule has 2 heterocycles. The van der Waals surface area contributed by atoms with Crippen LogP contribution >= 0.6 is 11.3 Å². The molecule has 1 N–H and O–H groups in total. The first-order valence-electron chi connectivity index (χ1n) is 6.38. The normalized spacial score (nSPS) is 18.9. The summed E-state index contributed by atoms with van der Waals surface area (Å²) in [6.07, 6.45) is 3.54. The second kappa shape index (κ2) is 6.67. The number of methoxy groups -OCH3 is 1. The van der Waals surface area contributed by atoms with E-state index < -0.39 is 5.97 Å². The number of ether oxygens (including phenoxy) is 1. The van der Waals surface area contributed by atoms with Gasteiger partial charge in [-0.25, -0.2) is 4.79 Å². The number of aliphatic carboxylic acids is 1. The summed E-state index contributed by atoms with van der Waals surface area (Å²) in [6, 6.07) is 1.73. The summed E-state index contributed by atoms with van der Waals surface area (Å²) >= 11 is 1.37. The minimum Gasteiger partial charge on any atom is -0.478 e. The summed E-state index contributed by atoms with van der Waals surface area (Å²) < 4.78 is 5.12. The van der Waals surface area contributed by atoms with Crippen LogP contribution in [0, 0.1) is 5.92 Å². The van der Waals surface area contributed by atoms with Crippen LogP contribution in [0.25, 0.3) is 6.08 Å². The molecule has 0 bridgehead atoms. The van der Waals surface area contributed by atoms with Crippen molar-refractivity contribution in [1.82, 2.24) is 4.90 Å². The maximum Gasteiger partial charge on any atom is 0.328 e. The molecule has 20 heavy (non-hydrogen) atoms. The first-order chi connectivity index (χ1) is 9.60. The van der Waals surface area contributed by atoms with E-state index in [9.17, 15) is 9.59 Å². The zero-order valence-electron chi connectivity index (χ0n) is 11.2. The van der Waals surface area contributed by atoms with Crippen LogP contribution in [0.5, 0.6) is 0 Å². The summed E-state index contributed by atoms with van der Waals surface area (Å²) in [6.45, 7) is 2.16. The van der Waals surface area contributed by atoms with Crippen LogP contribution in [0.3, 0.4) is 0 Å². The molecule has 1 amide bonds. The molecule has 0 aliphatic carbocycles. The predicted octanol–water partition coefficient (Wildman–Crippen LogP) is 1.95. The Morgan fingerprint density at radius 3 is 3.10 bits per heavy atom. The molecule has 1 unspecified atom stereocenters. The lowest BCUT2D eigenvalue weighted by Gasteiger charge is -2.15. The molecule has 2 rings (SSSR count). The third kappa shape index (κ3) is 3.68. The van der Waals surface area contributed by atoms with Crippen LogP contribution in [0.2, 0.25) is 0 Å². The van der Waals surface area contributed by atoms with Crippen molar-refractivity contribution in [1.29, 1.82) is 0 Å². The monoisotopic (exact) mass is 295 g/mol. The minimum absolute atomic E-state index is 0.00910. The Hall–Kier alpha value is -1.66. The van der Waals surface area contributed by atoms with Crippen molar-refractivity contribution >= 4 is 29.3 Å². The van der Waals surface area contributed by atoms with Crippen LogP contribution in [0.1, 0.15) is 21.7 Å². The highest BCUT2D eigenvalue weighted by molar-refractivity contribution is 7.11. The second-order valence-electron chi connectivity index (χ2n) is 4.77. The van der Waals surface area contributed by atoms with E-state index in [1.165, 1.54) is 17.4 Å². The molecule has 0 aromatic carbocycles. The molecule has 0 radical (unpaired) electrons. The third-order valence-electron chi connectivity index (χ3n) is 3.23. The fourth-order valence-corrected chi connectivity index (χ4v) is 3.05. The Bertz CT molecular complexity index is 523. The van der Waals surface area contributed by atoms with Crippen molar-refractivity contribution < 1.29 is 19.4 Å². The van der Waals surface area contributed by atoms with Gasteiger partial charge in [0, 0.05) is 42.5 Å². The van der Waals surface area contributed by atoms with Gasteiger partial charge in [-0.3, -0.25) is 4.79 Å². The summed E-state index contributed by atoms with van der Waals surface area (Å²) in [5.41, 5.74) is 0.623. The van der Waals surface area contributed by atoms with Crippen LogP contribution in [0.15, 0.2) is 17.5 Å². The van der Waals surface area contributed by atoms with Gasteiger partial charge in [0.1, 0.15) is 0 Å². The molecular formula is C14H17NO4S. The van der Waals surface area contributed by atoms with Crippen LogP contribution in [-0.2, 0) is 9.53 Å². The number of carboxylic acids is 1. The van der Waals surface area contributed by atoms with Gasteiger partial charge in [0.25, 0.3) is 5.91 Å². The quantitative estimate of drug-likeness (QED) is 0.843. The highest BCUT2D eigenvalue weighted by Gasteiger charge is 2.27. The van der Waals surface area contributed by atoms with Crippen molar-refractivity contribution in [2.75, 3.05) is 26.8 Å². The number of amides is 1. The molecule has 0 spiro atoms. The first-order valence-corrected chi connectivity index (χ1v) is 7.26. The molecule has 1 aromatic rings. The molecule has 1 aliphatic rings. The number of hydrogen-bond donors (Lipinski definition) is 1. The number of likely N-dealkylation sites (tertiary alicyclic amines) is 1. The van der Waals surface area contributed by atoms with Crippen LogP contribution in [0.4, 0.5) is 0 Å². The highest BCUT2D eigenvalue weighted by Crippen LogP contribution is 2.22. The molecule has 1 aromatic heterocycles. The Morgan fingerprint density at radius 1 is 1.60 bits per heavy atom. The van der Waals surface area contributed by atoms with E-state index in [1.807, 2.05) is 4.90 Å². The molecular weight excluding hydrogens is 278 g/mol. The molecule has 5 nitrogen and oxygen atoms in total. The largest absolute Gasteiger partial charge is 0.478 e. The molecule has 6 heteroatoms. The second-order valence-corrected chi connectivity index (χ2v) is 5.71. The van der Waals surface area contributed by atoms with E-state index in [4.69, 9.17) is 9.84 Å². The van der Waals surface area contributed by atoms with E-state index >= 15 is 0 Å². The van der Waals surface area contributed by atoms with Gasteiger partial charge in [-0.05, 0) is 18.6 Å². The van der Waals surface area contributed by atoms with Crippen molar-refractivity contribution in [3.05, 3.63) is 28.0 Å². The number of nitrogens with zero attached hydrogens (tertiary/aromatic N) is 1. The minimum atomic E-state index is -0.992. The van der Waals surface area contributed by atoms with Gasteiger partial charge in [-0.1, -0.05) is 0 Å². The maximum absolute atomic E-state index is 12.3. The van der Waals surface area contributed by atoms with Crippen molar-refractivity contribution in [2.24, 2.45) is 5.92 Å². The Kier molecular flexibility index (Phi) is 4.92. The molecule has 1 atom stereocenters. The van der Waals surface area contributed by atoms with Gasteiger partial charge >= 0.3 is 5.97 Å². The smallest absolute Gasteiger partial charge is 0.328 e. The Labute approximate surface area is 121 Å². The van der Waals surface area contributed by atoms with Crippen LogP contribution < -0.4 is 0 Å². The number of thiophene rings is 1.